The summed E-state index contributed by atoms with van der Waals surface area (Å²) in [6, 6.07) is 8.16. The van der Waals surface area contributed by atoms with Crippen molar-refractivity contribution >= 4 is 29.4 Å². The van der Waals surface area contributed by atoms with E-state index >= 15 is 0 Å². The first-order chi connectivity index (χ1) is 23.0. The number of rotatable bonds is 6. The summed E-state index contributed by atoms with van der Waals surface area (Å²) < 4.78 is 88.3. The number of carbonyl (C=O) groups is 3. The number of piperidine rings is 2. The standard InChI is InChI=1S/C33H40F6N6O4/c1-42(2)22-8-12-43(13-9-22)29(46)27(19-20-17-24(32(34,35)36)28(40)25(18-20)33(37,38)39)49-31(48)44-14-10-23(11-15-44)45-16-7-21-5-3-4-6-26(21)41-30(45)47/h3-6,17-18,22-23,27H,7-16,19,40H2,1-2H3,(H,41,47)/t27-/m1/s1. The van der Waals surface area contributed by atoms with Crippen molar-refractivity contribution in [2.75, 3.05) is 57.9 Å². The van der Waals surface area contributed by atoms with Crippen molar-refractivity contribution in [1.82, 2.24) is 19.6 Å². The molecule has 1 atom stereocenters. The van der Waals surface area contributed by atoms with Crippen molar-refractivity contribution in [3.8, 4) is 0 Å². The van der Waals surface area contributed by atoms with E-state index in [-0.39, 0.29) is 44.3 Å². The maximum absolute atomic E-state index is 13.8. The van der Waals surface area contributed by atoms with Crippen LogP contribution in [0, 0.1) is 0 Å². The van der Waals surface area contributed by atoms with Gasteiger partial charge in [0.1, 0.15) is 0 Å². The third-order valence-electron chi connectivity index (χ3n) is 9.60. The molecule has 3 aliphatic rings. The van der Waals surface area contributed by atoms with Crippen LogP contribution in [0.1, 0.15) is 47.9 Å². The zero-order valence-electron chi connectivity index (χ0n) is 27.2. The number of para-hydroxylation sites is 1. The Balaban J connectivity index is 1.32. The highest BCUT2D eigenvalue weighted by atomic mass is 19.4. The number of ether oxygens (including phenoxy) is 1. The average Bonchev–Trinajstić information content (AvgIpc) is 3.21. The monoisotopic (exact) mass is 698 g/mol. The molecule has 3 heterocycles. The molecule has 0 aliphatic carbocycles. The van der Waals surface area contributed by atoms with Crippen LogP contribution in [-0.4, -0.2) is 103 Å². The summed E-state index contributed by atoms with van der Waals surface area (Å²) in [5.74, 6) is -0.708. The van der Waals surface area contributed by atoms with Gasteiger partial charge in [0.2, 0.25) is 0 Å². The number of halogens is 6. The molecule has 4 amide bonds. The van der Waals surface area contributed by atoms with E-state index in [1.807, 2.05) is 43.3 Å². The van der Waals surface area contributed by atoms with Crippen LogP contribution in [0.5, 0.6) is 0 Å². The summed E-state index contributed by atoms with van der Waals surface area (Å²) in [6.07, 6.45) is -11.1. The lowest BCUT2D eigenvalue weighted by molar-refractivity contribution is -0.142. The van der Waals surface area contributed by atoms with Crippen LogP contribution in [0.4, 0.5) is 47.3 Å². The number of benzene rings is 2. The van der Waals surface area contributed by atoms with Crippen molar-refractivity contribution in [2.24, 2.45) is 0 Å². The molecule has 3 aliphatic heterocycles. The van der Waals surface area contributed by atoms with Crippen molar-refractivity contribution in [1.29, 1.82) is 0 Å². The fourth-order valence-electron chi connectivity index (χ4n) is 6.79. The third-order valence-corrected chi connectivity index (χ3v) is 9.60. The number of urea groups is 1. The van der Waals surface area contributed by atoms with E-state index in [9.17, 15) is 40.7 Å². The van der Waals surface area contributed by atoms with Crippen LogP contribution in [-0.2, 0) is 34.7 Å². The van der Waals surface area contributed by atoms with Crippen molar-refractivity contribution in [3.63, 3.8) is 0 Å². The number of alkyl halides is 6. The Bertz CT molecular complexity index is 1500. The molecule has 0 aromatic heterocycles. The molecular weight excluding hydrogens is 658 g/mol. The minimum Gasteiger partial charge on any atom is -0.436 e. The second-order valence-electron chi connectivity index (χ2n) is 12.9. The van der Waals surface area contributed by atoms with Gasteiger partial charge in [-0.05, 0) is 75.5 Å². The quantitative estimate of drug-likeness (QED) is 0.306. The van der Waals surface area contributed by atoms with Gasteiger partial charge in [-0.25, -0.2) is 9.59 Å². The number of carbonyl (C=O) groups excluding carboxylic acids is 3. The summed E-state index contributed by atoms with van der Waals surface area (Å²) in [4.78, 5) is 46.7. The zero-order chi connectivity index (χ0) is 35.7. The van der Waals surface area contributed by atoms with Crippen LogP contribution in [0.25, 0.3) is 0 Å². The van der Waals surface area contributed by atoms with Crippen LogP contribution in [0.3, 0.4) is 0 Å². The second kappa shape index (κ2) is 14.3. The maximum Gasteiger partial charge on any atom is 0.418 e. The lowest BCUT2D eigenvalue weighted by Crippen LogP contribution is -2.52. The number of nitrogens with one attached hydrogen (secondary N) is 1. The number of anilines is 2. The fraction of sp³-hybridized carbons (Fsp3) is 0.545. The Labute approximate surface area is 280 Å². The molecule has 0 spiro atoms. The van der Waals surface area contributed by atoms with Crippen LogP contribution in [0.15, 0.2) is 36.4 Å². The number of nitrogens with two attached hydrogens (primary N) is 1. The Morgan fingerprint density at radius 3 is 2.06 bits per heavy atom. The largest absolute Gasteiger partial charge is 0.436 e. The number of hydrogen-bond acceptors (Lipinski definition) is 6. The number of likely N-dealkylation sites (tertiary alicyclic amines) is 2. The first-order valence-electron chi connectivity index (χ1n) is 16.2. The minimum atomic E-state index is -5.21. The Morgan fingerprint density at radius 2 is 1.49 bits per heavy atom. The lowest BCUT2D eigenvalue weighted by Gasteiger charge is -2.39. The molecule has 2 aromatic rings. The van der Waals surface area contributed by atoms with Gasteiger partial charge in [0.25, 0.3) is 5.91 Å². The molecule has 2 aromatic carbocycles. The molecular formula is C33H40F6N6O4. The lowest BCUT2D eigenvalue weighted by atomic mass is 9.97. The first-order valence-corrected chi connectivity index (χ1v) is 16.2. The average molecular weight is 699 g/mol. The summed E-state index contributed by atoms with van der Waals surface area (Å²) in [7, 11) is 3.79. The highest BCUT2D eigenvalue weighted by Gasteiger charge is 2.42. The molecule has 0 unspecified atom stereocenters. The molecule has 0 radical (unpaired) electrons. The predicted molar refractivity (Wildman–Crippen MR) is 169 cm³/mol. The number of amides is 4. The van der Waals surface area contributed by atoms with Gasteiger partial charge in [-0.1, -0.05) is 18.2 Å². The van der Waals surface area contributed by atoms with E-state index in [4.69, 9.17) is 10.5 Å². The first kappa shape index (κ1) is 36.1. The van der Waals surface area contributed by atoms with Crippen molar-refractivity contribution < 1.29 is 45.5 Å². The molecule has 49 heavy (non-hydrogen) atoms. The van der Waals surface area contributed by atoms with E-state index in [1.165, 1.54) is 9.80 Å². The van der Waals surface area contributed by atoms with E-state index in [0.29, 0.717) is 50.8 Å². The Kier molecular flexibility index (Phi) is 10.6. The van der Waals surface area contributed by atoms with Gasteiger partial charge < -0.3 is 35.4 Å². The van der Waals surface area contributed by atoms with Gasteiger partial charge in [-0.2, -0.15) is 26.3 Å². The van der Waals surface area contributed by atoms with Crippen molar-refractivity contribution in [2.45, 2.75) is 69.1 Å². The molecule has 2 fully saturated rings. The molecule has 0 bridgehead atoms. The smallest absolute Gasteiger partial charge is 0.418 e. The number of fused-ring (bicyclic) bond motifs is 1. The summed E-state index contributed by atoms with van der Waals surface area (Å²) in [5, 5.41) is 2.92. The van der Waals surface area contributed by atoms with Gasteiger partial charge in [-0.15, -0.1) is 0 Å². The van der Waals surface area contributed by atoms with E-state index in [1.54, 1.807) is 4.90 Å². The van der Waals surface area contributed by atoms with Gasteiger partial charge in [0.05, 0.1) is 16.8 Å². The van der Waals surface area contributed by atoms with Crippen LogP contribution < -0.4 is 11.1 Å². The van der Waals surface area contributed by atoms with E-state index < -0.39 is 59.3 Å². The minimum absolute atomic E-state index is 0.160. The van der Waals surface area contributed by atoms with E-state index in [2.05, 4.69) is 5.32 Å². The number of nitrogens with zero attached hydrogens (tertiary/aromatic N) is 4. The predicted octanol–water partition coefficient (Wildman–Crippen LogP) is 5.46. The van der Waals surface area contributed by atoms with Gasteiger partial charge in [0, 0.05) is 56.9 Å². The Hall–Kier alpha value is -4.21. The summed E-state index contributed by atoms with van der Waals surface area (Å²) >= 11 is 0. The SMILES string of the molecule is CN(C)C1CCN(C(=O)[C@@H](Cc2cc(C(F)(F)F)c(N)c(C(F)(F)F)c2)OC(=O)N2CCC(N3CCc4ccccc4NC3=O)CC2)CC1. The zero-order valence-corrected chi connectivity index (χ0v) is 27.2. The molecule has 3 N–H and O–H groups in total. The highest BCUT2D eigenvalue weighted by molar-refractivity contribution is 5.91. The number of nitrogen functional groups attached to an aromatic ring is 1. The summed E-state index contributed by atoms with van der Waals surface area (Å²) in [5.41, 5.74) is 1.70. The van der Waals surface area contributed by atoms with Crippen molar-refractivity contribution in [3.05, 3.63) is 58.7 Å². The Morgan fingerprint density at radius 1 is 0.918 bits per heavy atom. The van der Waals surface area contributed by atoms with Crippen LogP contribution >= 0.6 is 0 Å². The third kappa shape index (κ3) is 8.33. The summed E-state index contributed by atoms with van der Waals surface area (Å²) in [6.45, 7) is 1.33. The van der Waals surface area contributed by atoms with E-state index in [0.717, 1.165) is 11.3 Å². The topological polar surface area (TPSA) is 111 Å². The maximum atomic E-state index is 13.8. The fourth-order valence-corrected chi connectivity index (χ4v) is 6.79. The normalized spacial score (nSPS) is 19.0. The van der Waals surface area contributed by atoms with Crippen LogP contribution in [0.2, 0.25) is 0 Å². The molecule has 5 rings (SSSR count). The molecule has 2 saturated heterocycles. The number of hydrogen-bond donors (Lipinski definition) is 2. The molecule has 10 nitrogen and oxygen atoms in total. The molecule has 16 heteroatoms. The second-order valence-corrected chi connectivity index (χ2v) is 12.9. The molecule has 268 valence electrons. The van der Waals surface area contributed by atoms with Gasteiger partial charge in [-0.3, -0.25) is 4.79 Å². The van der Waals surface area contributed by atoms with Gasteiger partial charge >= 0.3 is 24.5 Å². The molecule has 0 saturated carbocycles. The van der Waals surface area contributed by atoms with Gasteiger partial charge in [0.15, 0.2) is 6.10 Å². The highest BCUT2D eigenvalue weighted by Crippen LogP contribution is 2.42.